The van der Waals surface area contributed by atoms with Crippen LogP contribution in [0.3, 0.4) is 0 Å². The molecule has 20 heavy (non-hydrogen) atoms. The van der Waals surface area contributed by atoms with E-state index in [0.717, 1.165) is 10.8 Å². The molecule has 0 aliphatic heterocycles. The minimum absolute atomic E-state index is 0.140. The van der Waals surface area contributed by atoms with Crippen LogP contribution in [0.15, 0.2) is 41.0 Å². The van der Waals surface area contributed by atoms with Gasteiger partial charge in [0, 0.05) is 5.39 Å². The van der Waals surface area contributed by atoms with Crippen LogP contribution in [0, 0.1) is 6.92 Å². The SMILES string of the molecule is Cc1coc(NC(=O)c2cc3ccccc3c(N)n2)n1. The van der Waals surface area contributed by atoms with E-state index < -0.39 is 5.91 Å². The van der Waals surface area contributed by atoms with Crippen LogP contribution in [0.2, 0.25) is 0 Å². The molecule has 3 aromatic rings. The molecule has 1 amide bonds. The molecule has 0 spiro atoms. The average Bonchev–Trinajstić information content (AvgIpc) is 2.84. The molecule has 0 saturated carbocycles. The lowest BCUT2D eigenvalue weighted by Crippen LogP contribution is -2.14. The predicted molar refractivity (Wildman–Crippen MR) is 75.3 cm³/mol. The second kappa shape index (κ2) is 4.65. The third kappa shape index (κ3) is 2.18. The lowest BCUT2D eigenvalue weighted by Gasteiger charge is -2.05. The second-order valence-electron chi connectivity index (χ2n) is 4.36. The van der Waals surface area contributed by atoms with Crippen molar-refractivity contribution in [2.45, 2.75) is 6.92 Å². The standard InChI is InChI=1S/C14H12N4O2/c1-8-7-20-14(16-8)18-13(19)11-6-9-4-2-3-5-10(9)12(15)17-11/h2-7H,1H3,(H2,15,17)(H,16,18,19). The molecule has 2 heterocycles. The van der Waals surface area contributed by atoms with Crippen LogP contribution < -0.4 is 11.1 Å². The van der Waals surface area contributed by atoms with Crippen molar-refractivity contribution in [1.29, 1.82) is 0 Å². The quantitative estimate of drug-likeness (QED) is 0.744. The highest BCUT2D eigenvalue weighted by atomic mass is 16.4. The fourth-order valence-corrected chi connectivity index (χ4v) is 1.91. The Morgan fingerprint density at radius 3 is 2.85 bits per heavy atom. The lowest BCUT2D eigenvalue weighted by atomic mass is 10.1. The number of rotatable bonds is 2. The highest BCUT2D eigenvalue weighted by Gasteiger charge is 2.13. The molecule has 2 aromatic heterocycles. The first-order valence-electron chi connectivity index (χ1n) is 6.02. The van der Waals surface area contributed by atoms with Crippen molar-refractivity contribution in [1.82, 2.24) is 9.97 Å². The van der Waals surface area contributed by atoms with Crippen LogP contribution >= 0.6 is 0 Å². The minimum Gasteiger partial charge on any atom is -0.432 e. The zero-order valence-electron chi connectivity index (χ0n) is 10.8. The van der Waals surface area contributed by atoms with Gasteiger partial charge in [-0.05, 0) is 18.4 Å². The van der Waals surface area contributed by atoms with E-state index in [0.29, 0.717) is 11.5 Å². The zero-order chi connectivity index (χ0) is 14.1. The number of nitrogens with two attached hydrogens (primary N) is 1. The van der Waals surface area contributed by atoms with Gasteiger partial charge in [-0.25, -0.2) is 4.98 Å². The number of carbonyl (C=O) groups excluding carboxylic acids is 1. The molecule has 0 radical (unpaired) electrons. The molecule has 0 fully saturated rings. The van der Waals surface area contributed by atoms with Crippen molar-refractivity contribution in [2.24, 2.45) is 0 Å². The number of carbonyl (C=O) groups is 1. The molecule has 1 aromatic carbocycles. The molecule has 0 atom stereocenters. The molecule has 6 heteroatoms. The Kier molecular flexibility index (Phi) is 2.83. The third-order valence-electron chi connectivity index (χ3n) is 2.84. The highest BCUT2D eigenvalue weighted by Crippen LogP contribution is 2.20. The van der Waals surface area contributed by atoms with E-state index in [1.54, 1.807) is 13.0 Å². The van der Waals surface area contributed by atoms with Crippen molar-refractivity contribution in [3.8, 4) is 0 Å². The summed E-state index contributed by atoms with van der Waals surface area (Å²) in [5, 5.41) is 4.21. The van der Waals surface area contributed by atoms with Gasteiger partial charge in [0.05, 0.1) is 5.69 Å². The molecule has 0 aliphatic rings. The van der Waals surface area contributed by atoms with Crippen LogP contribution in [0.4, 0.5) is 11.8 Å². The molecular weight excluding hydrogens is 256 g/mol. The Bertz CT molecular complexity index is 795. The summed E-state index contributed by atoms with van der Waals surface area (Å²) in [5.41, 5.74) is 6.77. The molecule has 3 rings (SSSR count). The third-order valence-corrected chi connectivity index (χ3v) is 2.84. The van der Waals surface area contributed by atoms with Crippen molar-refractivity contribution >= 4 is 28.5 Å². The van der Waals surface area contributed by atoms with E-state index in [1.165, 1.54) is 6.26 Å². The number of aromatic nitrogens is 2. The summed E-state index contributed by atoms with van der Waals surface area (Å²) < 4.78 is 5.07. The van der Waals surface area contributed by atoms with Gasteiger partial charge in [-0.3, -0.25) is 10.1 Å². The number of aryl methyl sites for hydroxylation is 1. The largest absolute Gasteiger partial charge is 0.432 e. The molecule has 0 bridgehead atoms. The molecule has 0 saturated heterocycles. The van der Waals surface area contributed by atoms with E-state index >= 15 is 0 Å². The first-order chi connectivity index (χ1) is 9.63. The minimum atomic E-state index is -0.413. The van der Waals surface area contributed by atoms with Gasteiger partial charge in [-0.1, -0.05) is 24.3 Å². The molecular formula is C14H12N4O2. The van der Waals surface area contributed by atoms with Gasteiger partial charge in [-0.2, -0.15) is 4.98 Å². The summed E-state index contributed by atoms with van der Waals surface area (Å²) in [6, 6.07) is 9.30. The molecule has 0 unspecified atom stereocenters. The molecule has 0 aliphatic carbocycles. The summed E-state index contributed by atoms with van der Waals surface area (Å²) in [6.07, 6.45) is 1.46. The zero-order valence-corrected chi connectivity index (χ0v) is 10.8. The Morgan fingerprint density at radius 2 is 2.10 bits per heavy atom. The molecule has 3 N–H and O–H groups in total. The fourth-order valence-electron chi connectivity index (χ4n) is 1.91. The maximum Gasteiger partial charge on any atom is 0.301 e. The normalized spacial score (nSPS) is 10.7. The number of oxazole rings is 1. The molecule has 6 nitrogen and oxygen atoms in total. The first kappa shape index (κ1) is 12.2. The number of fused-ring (bicyclic) bond motifs is 1. The topological polar surface area (TPSA) is 94.0 Å². The van der Waals surface area contributed by atoms with Crippen molar-refractivity contribution in [3.63, 3.8) is 0 Å². The number of nitrogen functional groups attached to an aromatic ring is 1. The van der Waals surface area contributed by atoms with Gasteiger partial charge in [0.15, 0.2) is 0 Å². The highest BCUT2D eigenvalue weighted by molar-refractivity contribution is 6.05. The van der Waals surface area contributed by atoms with Crippen LogP contribution in [-0.4, -0.2) is 15.9 Å². The number of nitrogens with one attached hydrogen (secondary N) is 1. The van der Waals surface area contributed by atoms with Crippen molar-refractivity contribution < 1.29 is 9.21 Å². The predicted octanol–water partition coefficient (Wildman–Crippen LogP) is 2.37. The molecule has 100 valence electrons. The summed E-state index contributed by atoms with van der Waals surface area (Å²) in [4.78, 5) is 20.2. The lowest BCUT2D eigenvalue weighted by molar-refractivity contribution is 0.101. The van der Waals surface area contributed by atoms with Crippen LogP contribution in [0.1, 0.15) is 16.2 Å². The van der Waals surface area contributed by atoms with Gasteiger partial charge < -0.3 is 10.2 Å². The fraction of sp³-hybridized carbons (Fsp3) is 0.0714. The van der Waals surface area contributed by atoms with Crippen LogP contribution in [0.25, 0.3) is 10.8 Å². The van der Waals surface area contributed by atoms with E-state index in [4.69, 9.17) is 10.2 Å². The number of anilines is 2. The number of amides is 1. The maximum atomic E-state index is 12.1. The number of pyridine rings is 1. The van der Waals surface area contributed by atoms with E-state index in [1.807, 2.05) is 24.3 Å². The first-order valence-corrected chi connectivity index (χ1v) is 6.02. The second-order valence-corrected chi connectivity index (χ2v) is 4.36. The van der Waals surface area contributed by atoms with Crippen LogP contribution in [-0.2, 0) is 0 Å². The summed E-state index contributed by atoms with van der Waals surface area (Å²) >= 11 is 0. The van der Waals surface area contributed by atoms with Gasteiger partial charge >= 0.3 is 6.01 Å². The van der Waals surface area contributed by atoms with Gasteiger partial charge in [0.1, 0.15) is 17.8 Å². The van der Waals surface area contributed by atoms with Crippen molar-refractivity contribution in [3.05, 3.63) is 48.0 Å². The smallest absolute Gasteiger partial charge is 0.301 e. The summed E-state index contributed by atoms with van der Waals surface area (Å²) in [5.74, 6) is -0.0962. The van der Waals surface area contributed by atoms with Gasteiger partial charge in [0.25, 0.3) is 5.91 Å². The van der Waals surface area contributed by atoms with E-state index in [-0.39, 0.29) is 11.7 Å². The maximum absolute atomic E-state index is 12.1. The Labute approximate surface area is 114 Å². The number of benzene rings is 1. The average molecular weight is 268 g/mol. The van der Waals surface area contributed by atoms with Gasteiger partial charge in [-0.15, -0.1) is 0 Å². The van der Waals surface area contributed by atoms with E-state index in [9.17, 15) is 4.79 Å². The Balaban J connectivity index is 1.95. The Hall–Kier alpha value is -2.89. The number of nitrogens with zero attached hydrogens (tertiary/aromatic N) is 2. The number of hydrogen-bond acceptors (Lipinski definition) is 5. The van der Waals surface area contributed by atoms with Crippen molar-refractivity contribution in [2.75, 3.05) is 11.1 Å². The van der Waals surface area contributed by atoms with Crippen LogP contribution in [0.5, 0.6) is 0 Å². The van der Waals surface area contributed by atoms with Gasteiger partial charge in [0.2, 0.25) is 0 Å². The monoisotopic (exact) mass is 268 g/mol. The summed E-state index contributed by atoms with van der Waals surface area (Å²) in [6.45, 7) is 1.77. The number of hydrogen-bond donors (Lipinski definition) is 2. The summed E-state index contributed by atoms with van der Waals surface area (Å²) in [7, 11) is 0. The Morgan fingerprint density at radius 1 is 1.30 bits per heavy atom. The van der Waals surface area contributed by atoms with E-state index in [2.05, 4.69) is 15.3 Å².